The van der Waals surface area contributed by atoms with Gasteiger partial charge < -0.3 is 15.0 Å². The molecule has 1 fully saturated rings. The fourth-order valence-electron chi connectivity index (χ4n) is 2.17. The average molecular weight is 313 g/mol. The molecule has 1 unspecified atom stereocenters. The molecule has 21 heavy (non-hydrogen) atoms. The van der Waals surface area contributed by atoms with E-state index in [-0.39, 0.29) is 6.09 Å². The van der Waals surface area contributed by atoms with E-state index in [0.29, 0.717) is 23.4 Å². The van der Waals surface area contributed by atoms with E-state index in [9.17, 15) is 4.79 Å². The monoisotopic (exact) mass is 312 g/mol. The van der Waals surface area contributed by atoms with Crippen LogP contribution >= 0.6 is 11.6 Å². The van der Waals surface area contributed by atoms with E-state index in [1.807, 2.05) is 20.8 Å². The highest BCUT2D eigenvalue weighted by atomic mass is 35.5. The molecule has 116 valence electrons. The summed E-state index contributed by atoms with van der Waals surface area (Å²) in [5, 5.41) is 3.63. The van der Waals surface area contributed by atoms with Gasteiger partial charge in [0.25, 0.3) is 0 Å². The normalized spacial score (nSPS) is 18.7. The number of carbonyl (C=O) groups is 1. The van der Waals surface area contributed by atoms with Crippen molar-refractivity contribution in [2.75, 3.05) is 25.0 Å². The number of nitrogens with zero attached hydrogens (tertiary/aromatic N) is 3. The molecule has 0 radical (unpaired) electrons. The van der Waals surface area contributed by atoms with Crippen LogP contribution < -0.4 is 5.32 Å². The smallest absolute Gasteiger partial charge is 0.410 e. The number of aromatic nitrogens is 2. The van der Waals surface area contributed by atoms with Gasteiger partial charge in [-0.2, -0.15) is 0 Å². The van der Waals surface area contributed by atoms with Crippen molar-refractivity contribution in [1.82, 2.24) is 14.9 Å². The highest BCUT2D eigenvalue weighted by molar-refractivity contribution is 6.29. The predicted octanol–water partition coefficient (Wildman–Crippen LogP) is 2.80. The summed E-state index contributed by atoms with van der Waals surface area (Å²) in [6, 6.07) is 1.68. The summed E-state index contributed by atoms with van der Waals surface area (Å²) in [6.45, 7) is 7.79. The lowest BCUT2D eigenvalue weighted by Gasteiger charge is -2.24. The number of nitrogens with one attached hydrogen (secondary N) is 1. The Morgan fingerprint density at radius 1 is 1.52 bits per heavy atom. The first-order chi connectivity index (χ1) is 9.83. The highest BCUT2D eigenvalue weighted by Crippen LogP contribution is 2.20. The predicted molar refractivity (Wildman–Crippen MR) is 81.4 cm³/mol. The van der Waals surface area contributed by atoms with Gasteiger partial charge in [0.2, 0.25) is 0 Å². The molecular weight excluding hydrogens is 292 g/mol. The molecule has 0 saturated carbocycles. The van der Waals surface area contributed by atoms with E-state index >= 15 is 0 Å². The lowest BCUT2D eigenvalue weighted by molar-refractivity contribution is 0.0289. The number of hydrogen-bond donors (Lipinski definition) is 1. The molecule has 1 saturated heterocycles. The zero-order valence-electron chi connectivity index (χ0n) is 12.6. The molecule has 2 rings (SSSR count). The Morgan fingerprint density at radius 2 is 2.29 bits per heavy atom. The van der Waals surface area contributed by atoms with E-state index in [4.69, 9.17) is 16.3 Å². The molecule has 0 aliphatic carbocycles. The van der Waals surface area contributed by atoms with Gasteiger partial charge in [0.1, 0.15) is 22.9 Å². The molecule has 1 amide bonds. The molecule has 0 aromatic carbocycles. The number of likely N-dealkylation sites (tertiary alicyclic amines) is 1. The van der Waals surface area contributed by atoms with Crippen LogP contribution in [0.3, 0.4) is 0 Å². The summed E-state index contributed by atoms with van der Waals surface area (Å²) in [5.74, 6) is 1.08. The van der Waals surface area contributed by atoms with Crippen molar-refractivity contribution in [3.8, 4) is 0 Å². The molecule has 2 heterocycles. The fraction of sp³-hybridized carbons (Fsp3) is 0.643. The molecule has 1 aliphatic rings. The summed E-state index contributed by atoms with van der Waals surface area (Å²) in [7, 11) is 0. The third-order valence-electron chi connectivity index (χ3n) is 3.14. The Kier molecular flexibility index (Phi) is 4.88. The number of anilines is 1. The van der Waals surface area contributed by atoms with Crippen LogP contribution in [0.5, 0.6) is 0 Å². The van der Waals surface area contributed by atoms with E-state index in [1.165, 1.54) is 6.33 Å². The minimum absolute atomic E-state index is 0.241. The SMILES string of the molecule is CC(C)(C)OC(=O)N1CCC(CNc2cc(Cl)ncn2)C1. The second kappa shape index (κ2) is 6.47. The van der Waals surface area contributed by atoms with Gasteiger partial charge in [0.05, 0.1) is 0 Å². The third kappa shape index (κ3) is 5.04. The zero-order chi connectivity index (χ0) is 15.5. The van der Waals surface area contributed by atoms with E-state index < -0.39 is 5.60 Å². The fourth-order valence-corrected chi connectivity index (χ4v) is 2.32. The first kappa shape index (κ1) is 15.8. The van der Waals surface area contributed by atoms with Crippen LogP contribution in [0.15, 0.2) is 12.4 Å². The highest BCUT2D eigenvalue weighted by Gasteiger charge is 2.29. The number of ether oxygens (including phenoxy) is 1. The number of halogens is 1. The van der Waals surface area contributed by atoms with E-state index in [1.54, 1.807) is 11.0 Å². The molecule has 6 nitrogen and oxygen atoms in total. The van der Waals surface area contributed by atoms with Crippen molar-refractivity contribution in [3.63, 3.8) is 0 Å². The lowest BCUT2D eigenvalue weighted by Crippen LogP contribution is -2.35. The van der Waals surface area contributed by atoms with Gasteiger partial charge in [-0.15, -0.1) is 0 Å². The topological polar surface area (TPSA) is 67.3 Å². The van der Waals surface area contributed by atoms with Gasteiger partial charge in [-0.3, -0.25) is 0 Å². The van der Waals surface area contributed by atoms with Crippen molar-refractivity contribution in [1.29, 1.82) is 0 Å². The largest absolute Gasteiger partial charge is 0.444 e. The van der Waals surface area contributed by atoms with Crippen molar-refractivity contribution >= 4 is 23.5 Å². The number of amides is 1. The summed E-state index contributed by atoms with van der Waals surface area (Å²) < 4.78 is 5.38. The maximum Gasteiger partial charge on any atom is 0.410 e. The van der Waals surface area contributed by atoms with Crippen LogP contribution in [0.4, 0.5) is 10.6 Å². The van der Waals surface area contributed by atoms with Crippen LogP contribution in [0.25, 0.3) is 0 Å². The standard InChI is InChI=1S/C14H21ClN4O2/c1-14(2,3)21-13(20)19-5-4-10(8-19)7-16-12-6-11(15)17-9-18-12/h6,9-10H,4-5,7-8H2,1-3H3,(H,16,17,18). The molecule has 1 aromatic rings. The van der Waals surface area contributed by atoms with Crippen LogP contribution in [0, 0.1) is 5.92 Å². The van der Waals surface area contributed by atoms with Gasteiger partial charge in [0.15, 0.2) is 0 Å². The molecule has 1 N–H and O–H groups in total. The van der Waals surface area contributed by atoms with Crippen molar-refractivity contribution in [2.45, 2.75) is 32.8 Å². The summed E-state index contributed by atoms with van der Waals surface area (Å²) in [4.78, 5) is 21.7. The molecule has 1 aliphatic heterocycles. The Hall–Kier alpha value is -1.56. The third-order valence-corrected chi connectivity index (χ3v) is 3.35. The maximum atomic E-state index is 12.0. The lowest BCUT2D eigenvalue weighted by atomic mass is 10.1. The maximum absolute atomic E-state index is 12.0. The van der Waals surface area contributed by atoms with Gasteiger partial charge >= 0.3 is 6.09 Å². The minimum atomic E-state index is -0.453. The Labute approximate surface area is 129 Å². The Morgan fingerprint density at radius 3 is 2.95 bits per heavy atom. The second-order valence-electron chi connectivity index (χ2n) is 6.19. The van der Waals surface area contributed by atoms with Gasteiger partial charge in [-0.25, -0.2) is 14.8 Å². The molecule has 1 aromatic heterocycles. The van der Waals surface area contributed by atoms with Crippen LogP contribution in [-0.2, 0) is 4.74 Å². The van der Waals surface area contributed by atoms with Gasteiger partial charge in [-0.1, -0.05) is 11.6 Å². The Bertz CT molecular complexity index is 504. The average Bonchev–Trinajstić information content (AvgIpc) is 2.83. The zero-order valence-corrected chi connectivity index (χ0v) is 13.4. The van der Waals surface area contributed by atoms with Crippen LogP contribution in [-0.4, -0.2) is 46.2 Å². The first-order valence-corrected chi connectivity index (χ1v) is 7.40. The molecule has 7 heteroatoms. The quantitative estimate of drug-likeness (QED) is 0.869. The van der Waals surface area contributed by atoms with Crippen molar-refractivity contribution in [2.24, 2.45) is 5.92 Å². The van der Waals surface area contributed by atoms with Gasteiger partial charge in [-0.05, 0) is 33.1 Å². The number of hydrogen-bond acceptors (Lipinski definition) is 5. The molecule has 1 atom stereocenters. The second-order valence-corrected chi connectivity index (χ2v) is 6.58. The van der Waals surface area contributed by atoms with E-state index in [0.717, 1.165) is 19.5 Å². The minimum Gasteiger partial charge on any atom is -0.444 e. The summed E-state index contributed by atoms with van der Waals surface area (Å²) in [6.07, 6.45) is 2.13. The summed E-state index contributed by atoms with van der Waals surface area (Å²) in [5.41, 5.74) is -0.453. The first-order valence-electron chi connectivity index (χ1n) is 7.03. The molecule has 0 spiro atoms. The number of carbonyl (C=O) groups excluding carboxylic acids is 1. The van der Waals surface area contributed by atoms with Gasteiger partial charge in [0, 0.05) is 25.7 Å². The molecule has 0 bridgehead atoms. The van der Waals surface area contributed by atoms with Crippen molar-refractivity contribution in [3.05, 3.63) is 17.5 Å². The van der Waals surface area contributed by atoms with Crippen LogP contribution in [0.2, 0.25) is 5.15 Å². The molecular formula is C14H21ClN4O2. The van der Waals surface area contributed by atoms with E-state index in [2.05, 4.69) is 15.3 Å². The Balaban J connectivity index is 1.79. The van der Waals surface area contributed by atoms with Crippen LogP contribution in [0.1, 0.15) is 27.2 Å². The van der Waals surface area contributed by atoms with Crippen molar-refractivity contribution < 1.29 is 9.53 Å². The summed E-state index contributed by atoms with van der Waals surface area (Å²) >= 11 is 5.81. The number of rotatable bonds is 3.